The highest BCUT2D eigenvalue weighted by molar-refractivity contribution is 7.86. The quantitative estimate of drug-likeness (QED) is 0.450. The van der Waals surface area contributed by atoms with Gasteiger partial charge < -0.3 is 5.32 Å². The van der Waals surface area contributed by atoms with E-state index in [1.54, 1.807) is 0 Å². The molecule has 136 valence electrons. The summed E-state index contributed by atoms with van der Waals surface area (Å²) in [6.07, 6.45) is 0.693. The molecule has 2 rings (SSSR count). The molecule has 0 amide bonds. The van der Waals surface area contributed by atoms with Gasteiger partial charge in [-0.2, -0.15) is 30.2 Å². The first-order chi connectivity index (χ1) is 11.3. The Morgan fingerprint density at radius 3 is 2.00 bits per heavy atom. The summed E-state index contributed by atoms with van der Waals surface area (Å²) in [5.74, 6) is -0.535. The lowest BCUT2D eigenvalue weighted by molar-refractivity contribution is 0.472. The van der Waals surface area contributed by atoms with Crippen LogP contribution in [0.3, 0.4) is 0 Å². The number of aromatic nitrogens is 3. The highest BCUT2D eigenvalue weighted by atomic mass is 32.2. The van der Waals surface area contributed by atoms with Crippen LogP contribution in [0.15, 0.2) is 39.5 Å². The fourth-order valence-corrected chi connectivity index (χ4v) is 3.20. The molecule has 0 radical (unpaired) electrons. The van der Waals surface area contributed by atoms with Gasteiger partial charge >= 0.3 is 10.1 Å². The Kier molecular flexibility index (Phi) is 4.77. The first-order valence-electron chi connectivity index (χ1n) is 5.81. The van der Waals surface area contributed by atoms with Crippen LogP contribution in [0.2, 0.25) is 0 Å². The summed E-state index contributed by atoms with van der Waals surface area (Å²) < 4.78 is 93.8. The summed E-state index contributed by atoms with van der Waals surface area (Å²) in [4.78, 5) is 8.22. The Morgan fingerprint density at radius 1 is 0.840 bits per heavy atom. The number of rotatable bonds is 5. The molecule has 0 saturated carbocycles. The van der Waals surface area contributed by atoms with E-state index >= 15 is 0 Å². The third kappa shape index (κ3) is 4.65. The van der Waals surface area contributed by atoms with E-state index in [-0.39, 0.29) is 0 Å². The van der Waals surface area contributed by atoms with E-state index in [2.05, 4.69) is 20.3 Å². The van der Waals surface area contributed by atoms with E-state index in [0.29, 0.717) is 12.4 Å². The van der Waals surface area contributed by atoms with Crippen molar-refractivity contribution in [2.75, 3.05) is 5.32 Å². The van der Waals surface area contributed by atoms with E-state index in [9.17, 15) is 29.8 Å². The number of nitrogens with one attached hydrogen (secondary N) is 1. The molecule has 4 N–H and O–H groups in total. The molecule has 0 unspecified atom stereocenters. The van der Waals surface area contributed by atoms with Crippen LogP contribution in [0, 0.1) is 0 Å². The largest absolute Gasteiger partial charge is 0.330 e. The van der Waals surface area contributed by atoms with Gasteiger partial charge in [-0.25, -0.2) is 9.97 Å². The number of hydrogen-bond acceptors (Lipinski definition) is 10. The summed E-state index contributed by atoms with van der Waals surface area (Å²) in [5, 5.41) is 1.18. The average molecular weight is 412 g/mol. The molecule has 1 aromatic carbocycles. The fourth-order valence-electron chi connectivity index (χ4n) is 1.57. The highest BCUT2D eigenvalue weighted by Crippen LogP contribution is 2.26. The average Bonchev–Trinajstić information content (AvgIpc) is 2.44. The minimum absolute atomic E-state index is 0.442. The zero-order valence-corrected chi connectivity index (χ0v) is 14.1. The van der Waals surface area contributed by atoms with Crippen molar-refractivity contribution in [3.63, 3.8) is 0 Å². The maximum absolute atomic E-state index is 11.4. The fraction of sp³-hybridized carbons (Fsp3) is 0. The number of benzene rings is 1. The molecule has 13 nitrogen and oxygen atoms in total. The van der Waals surface area contributed by atoms with E-state index in [1.807, 2.05) is 0 Å². The Morgan fingerprint density at radius 2 is 1.48 bits per heavy atom. The molecule has 16 heteroatoms. The molecular formula is C9H8N4O9S3. The number of anilines is 2. The summed E-state index contributed by atoms with van der Waals surface area (Å²) in [5.41, 5.74) is -0.442. The van der Waals surface area contributed by atoms with Gasteiger partial charge in [0.25, 0.3) is 25.4 Å². The van der Waals surface area contributed by atoms with Gasteiger partial charge in [0.1, 0.15) is 11.2 Å². The third-order valence-electron chi connectivity index (χ3n) is 2.56. The van der Waals surface area contributed by atoms with Crippen LogP contribution in [0.25, 0.3) is 0 Å². The zero-order valence-electron chi connectivity index (χ0n) is 11.7. The summed E-state index contributed by atoms with van der Waals surface area (Å²) >= 11 is 0. The van der Waals surface area contributed by atoms with Crippen molar-refractivity contribution in [3.05, 3.63) is 24.5 Å². The second-order valence-corrected chi connectivity index (χ2v) is 8.43. The second kappa shape index (κ2) is 6.24. The molecule has 0 spiro atoms. The van der Waals surface area contributed by atoms with Gasteiger partial charge in [-0.1, -0.05) is 0 Å². The second-order valence-electron chi connectivity index (χ2n) is 4.30. The highest BCUT2D eigenvalue weighted by Gasteiger charge is 2.22. The molecular weight excluding hydrogens is 404 g/mol. The summed E-state index contributed by atoms with van der Waals surface area (Å²) in [6.45, 7) is 0. The van der Waals surface area contributed by atoms with Crippen LogP contribution in [-0.2, 0) is 30.4 Å². The molecule has 0 atom stereocenters. The standard InChI is InChI=1S/C9H8N4O9S3/c14-23(15,16)5-1-2-6(7(3-5)24(17,18)19)12-8-10-4-11-9(13-8)25(20,21)22/h1-4H,(H,14,15,16)(H,17,18,19)(H,20,21,22)(H,10,11,12,13). The zero-order chi connectivity index (χ0) is 19.0. The maximum atomic E-state index is 11.4. The van der Waals surface area contributed by atoms with Crippen molar-refractivity contribution in [1.82, 2.24) is 15.0 Å². The van der Waals surface area contributed by atoms with Crippen molar-refractivity contribution in [3.8, 4) is 0 Å². The lowest BCUT2D eigenvalue weighted by Crippen LogP contribution is -2.10. The lowest BCUT2D eigenvalue weighted by atomic mass is 10.3. The van der Waals surface area contributed by atoms with Crippen LogP contribution in [-0.4, -0.2) is 53.9 Å². The molecule has 25 heavy (non-hydrogen) atoms. The van der Waals surface area contributed by atoms with Crippen molar-refractivity contribution in [2.45, 2.75) is 14.9 Å². The molecule has 0 aliphatic rings. The summed E-state index contributed by atoms with van der Waals surface area (Å²) in [7, 11) is -14.5. The van der Waals surface area contributed by atoms with E-state index in [4.69, 9.17) is 9.11 Å². The molecule has 1 aromatic heterocycles. The Hall–Kier alpha value is -2.24. The van der Waals surface area contributed by atoms with Crippen molar-refractivity contribution in [2.24, 2.45) is 0 Å². The first-order valence-corrected chi connectivity index (χ1v) is 10.1. The van der Waals surface area contributed by atoms with Crippen LogP contribution in [0.4, 0.5) is 11.6 Å². The van der Waals surface area contributed by atoms with Crippen LogP contribution < -0.4 is 5.32 Å². The molecule has 1 heterocycles. The summed E-state index contributed by atoms with van der Waals surface area (Å²) in [6, 6.07) is 2.11. The van der Waals surface area contributed by atoms with Crippen molar-refractivity contribution < 1.29 is 38.9 Å². The SMILES string of the molecule is O=S(=O)(O)c1ccc(Nc2ncnc(S(=O)(=O)O)n2)c(S(=O)(=O)O)c1. The lowest BCUT2D eigenvalue weighted by Gasteiger charge is -2.10. The Bertz CT molecular complexity index is 1140. The molecule has 0 bridgehead atoms. The number of hydrogen-bond donors (Lipinski definition) is 4. The molecule has 0 aliphatic heterocycles. The molecule has 0 fully saturated rings. The smallest absolute Gasteiger partial charge is 0.323 e. The van der Waals surface area contributed by atoms with Crippen LogP contribution >= 0.6 is 0 Å². The van der Waals surface area contributed by atoms with E-state index in [1.165, 1.54) is 0 Å². The van der Waals surface area contributed by atoms with E-state index in [0.717, 1.165) is 12.1 Å². The van der Waals surface area contributed by atoms with Gasteiger partial charge in [-0.3, -0.25) is 13.7 Å². The predicted molar refractivity (Wildman–Crippen MR) is 79.0 cm³/mol. The first kappa shape index (κ1) is 19.1. The normalized spacial score (nSPS) is 12.8. The minimum atomic E-state index is -4.95. The van der Waals surface area contributed by atoms with Crippen LogP contribution in [0.1, 0.15) is 0 Å². The van der Waals surface area contributed by atoms with Crippen LogP contribution in [0.5, 0.6) is 0 Å². The Labute approximate surface area is 141 Å². The monoisotopic (exact) mass is 412 g/mol. The van der Waals surface area contributed by atoms with Gasteiger partial charge in [0.15, 0.2) is 0 Å². The van der Waals surface area contributed by atoms with Gasteiger partial charge in [0.05, 0.1) is 10.6 Å². The van der Waals surface area contributed by atoms with Gasteiger partial charge in [-0.15, -0.1) is 0 Å². The Balaban J connectivity index is 2.58. The number of nitrogens with zero attached hydrogens (tertiary/aromatic N) is 3. The van der Waals surface area contributed by atoms with E-state index < -0.39 is 56.9 Å². The predicted octanol–water partition coefficient (Wildman–Crippen LogP) is -0.645. The topological polar surface area (TPSA) is 214 Å². The van der Waals surface area contributed by atoms with Crippen molar-refractivity contribution >= 4 is 42.0 Å². The van der Waals surface area contributed by atoms with Crippen molar-refractivity contribution in [1.29, 1.82) is 0 Å². The molecule has 2 aromatic rings. The van der Waals surface area contributed by atoms with Gasteiger partial charge in [0.2, 0.25) is 5.95 Å². The van der Waals surface area contributed by atoms with Gasteiger partial charge in [0, 0.05) is 0 Å². The third-order valence-corrected chi connectivity index (χ3v) is 4.96. The maximum Gasteiger partial charge on any atom is 0.330 e. The minimum Gasteiger partial charge on any atom is -0.323 e. The van der Waals surface area contributed by atoms with Gasteiger partial charge in [-0.05, 0) is 18.2 Å². The molecule has 0 aliphatic carbocycles. The molecule has 0 saturated heterocycles.